The van der Waals surface area contributed by atoms with Crippen molar-refractivity contribution < 1.29 is 4.79 Å². The van der Waals surface area contributed by atoms with E-state index in [9.17, 15) is 4.79 Å². The lowest BCUT2D eigenvalue weighted by atomic mass is 9.96. The van der Waals surface area contributed by atoms with Crippen LogP contribution in [0.2, 0.25) is 0 Å². The molecule has 3 rings (SSSR count). The van der Waals surface area contributed by atoms with Gasteiger partial charge in [0.15, 0.2) is 5.78 Å². The molecular formula is C24H24O. The molecule has 0 spiro atoms. The van der Waals surface area contributed by atoms with Gasteiger partial charge in [0.2, 0.25) is 0 Å². The van der Waals surface area contributed by atoms with Gasteiger partial charge in [-0.3, -0.25) is 4.79 Å². The molecule has 0 aliphatic rings. The molecule has 0 amide bonds. The van der Waals surface area contributed by atoms with Gasteiger partial charge in [0.05, 0.1) is 0 Å². The highest BCUT2D eigenvalue weighted by molar-refractivity contribution is 6.09. The van der Waals surface area contributed by atoms with Gasteiger partial charge in [0, 0.05) is 11.1 Å². The SMILES string of the molecule is Cc1ccc(Cc2ccc(C(=O)c3ccc(C)c(C)c3)cc2)cc1C. The normalized spacial score (nSPS) is 10.7. The summed E-state index contributed by atoms with van der Waals surface area (Å²) in [6.45, 7) is 8.38. The molecule has 0 bridgehead atoms. The molecule has 1 nitrogen and oxygen atoms in total. The molecule has 126 valence electrons. The summed E-state index contributed by atoms with van der Waals surface area (Å²) >= 11 is 0. The summed E-state index contributed by atoms with van der Waals surface area (Å²) in [5.41, 5.74) is 9.02. The topological polar surface area (TPSA) is 17.1 Å². The van der Waals surface area contributed by atoms with Gasteiger partial charge >= 0.3 is 0 Å². The first kappa shape index (κ1) is 17.2. The molecule has 0 aliphatic carbocycles. The quantitative estimate of drug-likeness (QED) is 0.558. The molecule has 1 heteroatoms. The molecule has 0 aromatic heterocycles. The summed E-state index contributed by atoms with van der Waals surface area (Å²) in [6, 6.07) is 20.5. The van der Waals surface area contributed by atoms with E-state index in [0.29, 0.717) is 0 Å². The Hall–Kier alpha value is -2.67. The van der Waals surface area contributed by atoms with Crippen LogP contribution in [-0.2, 0) is 6.42 Å². The Morgan fingerprint density at radius 3 is 1.72 bits per heavy atom. The number of ketones is 1. The van der Waals surface area contributed by atoms with Crippen molar-refractivity contribution in [2.45, 2.75) is 34.1 Å². The van der Waals surface area contributed by atoms with Crippen molar-refractivity contribution in [3.63, 3.8) is 0 Å². The van der Waals surface area contributed by atoms with E-state index >= 15 is 0 Å². The lowest BCUT2D eigenvalue weighted by Gasteiger charge is -2.08. The Kier molecular flexibility index (Phi) is 4.85. The molecule has 0 saturated carbocycles. The van der Waals surface area contributed by atoms with Crippen molar-refractivity contribution in [3.05, 3.63) is 105 Å². The van der Waals surface area contributed by atoms with Crippen LogP contribution in [0.3, 0.4) is 0 Å². The number of hydrogen-bond donors (Lipinski definition) is 0. The van der Waals surface area contributed by atoms with E-state index in [-0.39, 0.29) is 5.78 Å². The highest BCUT2D eigenvalue weighted by atomic mass is 16.1. The van der Waals surface area contributed by atoms with Crippen molar-refractivity contribution in [3.8, 4) is 0 Å². The molecular weight excluding hydrogens is 304 g/mol. The predicted octanol–water partition coefficient (Wildman–Crippen LogP) is 5.74. The molecule has 0 N–H and O–H groups in total. The standard InChI is InChI=1S/C24H24O/c1-16-5-7-21(13-18(16)3)15-20-8-11-22(12-9-20)24(25)23-10-6-17(2)19(4)14-23/h5-14H,15H2,1-4H3. The fourth-order valence-corrected chi connectivity index (χ4v) is 2.97. The predicted molar refractivity (Wildman–Crippen MR) is 105 cm³/mol. The summed E-state index contributed by atoms with van der Waals surface area (Å²) in [5.74, 6) is 0.0841. The van der Waals surface area contributed by atoms with Gasteiger partial charge in [-0.1, -0.05) is 54.6 Å². The number of hydrogen-bond acceptors (Lipinski definition) is 1. The highest BCUT2D eigenvalue weighted by Crippen LogP contribution is 2.17. The third-order valence-corrected chi connectivity index (χ3v) is 4.96. The monoisotopic (exact) mass is 328 g/mol. The van der Waals surface area contributed by atoms with Gasteiger partial charge < -0.3 is 0 Å². The van der Waals surface area contributed by atoms with Crippen molar-refractivity contribution >= 4 is 5.78 Å². The van der Waals surface area contributed by atoms with E-state index in [1.54, 1.807) is 0 Å². The molecule has 0 unspecified atom stereocenters. The smallest absolute Gasteiger partial charge is 0.193 e. The van der Waals surface area contributed by atoms with Crippen molar-refractivity contribution in [2.75, 3.05) is 0 Å². The second-order valence-electron chi connectivity index (χ2n) is 6.92. The Bertz CT molecular complexity index is 917. The zero-order chi connectivity index (χ0) is 18.0. The number of carbonyl (C=O) groups is 1. The van der Waals surface area contributed by atoms with Crippen molar-refractivity contribution in [1.29, 1.82) is 0 Å². The number of rotatable bonds is 4. The zero-order valence-corrected chi connectivity index (χ0v) is 15.4. The minimum atomic E-state index is 0.0841. The third kappa shape index (κ3) is 3.88. The first-order valence-corrected chi connectivity index (χ1v) is 8.71. The second-order valence-corrected chi connectivity index (χ2v) is 6.92. The summed E-state index contributed by atoms with van der Waals surface area (Å²) in [6.07, 6.45) is 0.888. The Morgan fingerprint density at radius 2 is 1.12 bits per heavy atom. The van der Waals surface area contributed by atoms with E-state index in [1.165, 1.54) is 27.8 Å². The molecule has 0 heterocycles. The lowest BCUT2D eigenvalue weighted by Crippen LogP contribution is -2.02. The van der Waals surface area contributed by atoms with E-state index in [2.05, 4.69) is 51.1 Å². The Labute approximate surface area is 150 Å². The maximum atomic E-state index is 12.7. The number of aryl methyl sites for hydroxylation is 4. The van der Waals surface area contributed by atoms with Crippen LogP contribution in [0.15, 0.2) is 60.7 Å². The fourth-order valence-electron chi connectivity index (χ4n) is 2.97. The minimum absolute atomic E-state index is 0.0841. The Balaban J connectivity index is 1.78. The van der Waals surface area contributed by atoms with Crippen LogP contribution in [0.1, 0.15) is 49.3 Å². The lowest BCUT2D eigenvalue weighted by molar-refractivity contribution is 0.103. The van der Waals surface area contributed by atoms with Gasteiger partial charge in [0.25, 0.3) is 0 Å². The van der Waals surface area contributed by atoms with Crippen LogP contribution in [0.25, 0.3) is 0 Å². The fraction of sp³-hybridized carbons (Fsp3) is 0.208. The van der Waals surface area contributed by atoms with Crippen LogP contribution < -0.4 is 0 Å². The van der Waals surface area contributed by atoms with E-state index in [1.807, 2.05) is 37.3 Å². The Morgan fingerprint density at radius 1 is 0.600 bits per heavy atom. The third-order valence-electron chi connectivity index (χ3n) is 4.96. The maximum Gasteiger partial charge on any atom is 0.193 e. The van der Waals surface area contributed by atoms with Gasteiger partial charge in [-0.25, -0.2) is 0 Å². The van der Waals surface area contributed by atoms with Crippen molar-refractivity contribution in [2.24, 2.45) is 0 Å². The van der Waals surface area contributed by atoms with E-state index in [4.69, 9.17) is 0 Å². The average Bonchev–Trinajstić information content (AvgIpc) is 2.61. The highest BCUT2D eigenvalue weighted by Gasteiger charge is 2.10. The molecule has 0 fully saturated rings. The van der Waals surface area contributed by atoms with Crippen LogP contribution in [0.5, 0.6) is 0 Å². The number of benzene rings is 3. The largest absolute Gasteiger partial charge is 0.289 e. The molecule has 0 saturated heterocycles. The molecule has 3 aromatic rings. The summed E-state index contributed by atoms with van der Waals surface area (Å²) in [7, 11) is 0. The maximum absolute atomic E-state index is 12.7. The summed E-state index contributed by atoms with van der Waals surface area (Å²) in [5, 5.41) is 0. The van der Waals surface area contributed by atoms with Gasteiger partial charge in [-0.15, -0.1) is 0 Å². The van der Waals surface area contributed by atoms with Gasteiger partial charge in [0.1, 0.15) is 0 Å². The zero-order valence-electron chi connectivity index (χ0n) is 15.4. The van der Waals surface area contributed by atoms with Crippen LogP contribution in [0.4, 0.5) is 0 Å². The molecule has 3 aromatic carbocycles. The molecule has 0 radical (unpaired) electrons. The van der Waals surface area contributed by atoms with Crippen LogP contribution in [-0.4, -0.2) is 5.78 Å². The molecule has 0 aliphatic heterocycles. The van der Waals surface area contributed by atoms with E-state index in [0.717, 1.165) is 23.1 Å². The van der Waals surface area contributed by atoms with Crippen LogP contribution in [0, 0.1) is 27.7 Å². The molecule has 0 atom stereocenters. The number of carbonyl (C=O) groups excluding carboxylic acids is 1. The molecule has 25 heavy (non-hydrogen) atoms. The van der Waals surface area contributed by atoms with E-state index < -0.39 is 0 Å². The second kappa shape index (κ2) is 7.06. The summed E-state index contributed by atoms with van der Waals surface area (Å²) < 4.78 is 0. The van der Waals surface area contributed by atoms with Gasteiger partial charge in [-0.2, -0.15) is 0 Å². The first-order chi connectivity index (χ1) is 11.9. The first-order valence-electron chi connectivity index (χ1n) is 8.71. The average molecular weight is 328 g/mol. The summed E-state index contributed by atoms with van der Waals surface area (Å²) in [4.78, 5) is 12.7. The van der Waals surface area contributed by atoms with Gasteiger partial charge in [-0.05, 0) is 73.6 Å². The van der Waals surface area contributed by atoms with Crippen molar-refractivity contribution in [1.82, 2.24) is 0 Å². The van der Waals surface area contributed by atoms with Crippen LogP contribution >= 0.6 is 0 Å². The minimum Gasteiger partial charge on any atom is -0.289 e.